The molecule has 0 aliphatic rings. The van der Waals surface area contributed by atoms with Crippen LogP contribution in [0.1, 0.15) is 10.4 Å². The summed E-state index contributed by atoms with van der Waals surface area (Å²) in [6, 6.07) is 20.7. The summed E-state index contributed by atoms with van der Waals surface area (Å²) in [5.74, 6) is 0.289. The predicted octanol–water partition coefficient (Wildman–Crippen LogP) is 5.86. The number of para-hydroxylation sites is 1. The molecule has 0 saturated carbocycles. The minimum atomic E-state index is -0.315. The van der Waals surface area contributed by atoms with Crippen molar-refractivity contribution in [1.29, 1.82) is 0 Å². The summed E-state index contributed by atoms with van der Waals surface area (Å²) < 4.78 is 7.20. The Labute approximate surface area is 191 Å². The third kappa shape index (κ3) is 4.51. The number of anilines is 1. The van der Waals surface area contributed by atoms with Crippen LogP contribution in [-0.4, -0.2) is 23.1 Å². The first-order valence-electron chi connectivity index (χ1n) is 8.95. The lowest BCUT2D eigenvalue weighted by molar-refractivity contribution is 0.0977. The summed E-state index contributed by atoms with van der Waals surface area (Å²) in [6.45, 7) is 0. The molecule has 5 nitrogen and oxygen atoms in total. The highest BCUT2D eigenvalue weighted by molar-refractivity contribution is 9.10. The van der Waals surface area contributed by atoms with Crippen molar-refractivity contribution in [3.63, 3.8) is 0 Å². The zero-order chi connectivity index (χ0) is 21.1. The number of thiazole rings is 1. The Hall–Kier alpha value is -2.81. The highest BCUT2D eigenvalue weighted by Crippen LogP contribution is 2.36. The summed E-state index contributed by atoms with van der Waals surface area (Å²) in [7, 11) is 1.56. The molecule has 4 rings (SSSR count). The van der Waals surface area contributed by atoms with Crippen LogP contribution in [0.15, 0.2) is 71.2 Å². The molecule has 1 amide bonds. The fourth-order valence-corrected chi connectivity index (χ4v) is 4.44. The predicted molar refractivity (Wildman–Crippen MR) is 129 cm³/mol. The van der Waals surface area contributed by atoms with Gasteiger partial charge in [0.15, 0.2) is 5.11 Å². The normalized spacial score (nSPS) is 10.6. The van der Waals surface area contributed by atoms with Gasteiger partial charge in [-0.05, 0) is 60.7 Å². The molecular weight excluding hydrogens is 482 g/mol. The van der Waals surface area contributed by atoms with Gasteiger partial charge in [0, 0.05) is 15.6 Å². The van der Waals surface area contributed by atoms with Gasteiger partial charge in [-0.2, -0.15) is 0 Å². The van der Waals surface area contributed by atoms with Gasteiger partial charge < -0.3 is 10.1 Å². The largest absolute Gasteiger partial charge is 0.497 e. The molecule has 0 radical (unpaired) electrons. The maximum Gasteiger partial charge on any atom is 0.257 e. The maximum absolute atomic E-state index is 12.5. The number of nitrogens with zero attached hydrogens (tertiary/aromatic N) is 1. The van der Waals surface area contributed by atoms with Gasteiger partial charge in [0.25, 0.3) is 5.91 Å². The van der Waals surface area contributed by atoms with Crippen LogP contribution >= 0.6 is 39.5 Å². The third-order valence-corrected chi connectivity index (χ3v) is 6.08. The lowest BCUT2D eigenvalue weighted by Crippen LogP contribution is -2.34. The number of carbonyl (C=O) groups is 1. The van der Waals surface area contributed by atoms with E-state index in [4.69, 9.17) is 21.9 Å². The van der Waals surface area contributed by atoms with Gasteiger partial charge in [-0.15, -0.1) is 11.3 Å². The molecule has 0 fully saturated rings. The summed E-state index contributed by atoms with van der Waals surface area (Å²) in [6.07, 6.45) is 0. The lowest BCUT2D eigenvalue weighted by atomic mass is 10.2. The van der Waals surface area contributed by atoms with Gasteiger partial charge in [-0.1, -0.05) is 34.1 Å². The number of nitrogens with one attached hydrogen (secondary N) is 2. The smallest absolute Gasteiger partial charge is 0.257 e. The molecule has 0 atom stereocenters. The summed E-state index contributed by atoms with van der Waals surface area (Å²) in [4.78, 5) is 17.3. The second-order valence-electron chi connectivity index (χ2n) is 6.32. The maximum atomic E-state index is 12.5. The number of benzene rings is 3. The number of amides is 1. The molecule has 3 aromatic carbocycles. The van der Waals surface area contributed by atoms with Crippen LogP contribution in [0.4, 0.5) is 5.69 Å². The fourth-order valence-electron chi connectivity index (χ4n) is 2.88. The average molecular weight is 498 g/mol. The van der Waals surface area contributed by atoms with Crippen molar-refractivity contribution in [1.82, 2.24) is 10.3 Å². The molecule has 30 heavy (non-hydrogen) atoms. The van der Waals surface area contributed by atoms with E-state index in [-0.39, 0.29) is 11.0 Å². The minimum Gasteiger partial charge on any atom is -0.497 e. The van der Waals surface area contributed by atoms with Gasteiger partial charge in [0.1, 0.15) is 10.8 Å². The number of thiocarbonyl (C=S) groups is 1. The molecular formula is C22H16BrN3O2S2. The number of methoxy groups -OCH3 is 1. The second kappa shape index (κ2) is 8.91. The van der Waals surface area contributed by atoms with Crippen LogP contribution in [0.2, 0.25) is 0 Å². The first-order chi connectivity index (χ1) is 14.5. The molecule has 1 aromatic heterocycles. The van der Waals surface area contributed by atoms with E-state index in [2.05, 4.69) is 26.6 Å². The van der Waals surface area contributed by atoms with Crippen molar-refractivity contribution in [2.45, 2.75) is 0 Å². The molecule has 0 aliphatic heterocycles. The van der Waals surface area contributed by atoms with Crippen LogP contribution in [0.3, 0.4) is 0 Å². The number of halogens is 1. The Balaban J connectivity index is 1.57. The van der Waals surface area contributed by atoms with E-state index in [9.17, 15) is 4.79 Å². The molecule has 8 heteroatoms. The van der Waals surface area contributed by atoms with Crippen molar-refractivity contribution in [3.8, 4) is 16.3 Å². The lowest BCUT2D eigenvalue weighted by Gasteiger charge is -2.13. The molecule has 150 valence electrons. The van der Waals surface area contributed by atoms with Crippen molar-refractivity contribution in [3.05, 3.63) is 76.8 Å². The molecule has 4 aromatic rings. The minimum absolute atomic E-state index is 0.201. The Bertz CT molecular complexity index is 1220. The van der Waals surface area contributed by atoms with Gasteiger partial charge in [-0.3, -0.25) is 10.1 Å². The number of carbonyl (C=O) groups excluding carboxylic acids is 1. The van der Waals surface area contributed by atoms with E-state index in [1.54, 1.807) is 42.7 Å². The zero-order valence-electron chi connectivity index (χ0n) is 15.8. The number of fused-ring (bicyclic) bond motifs is 1. The number of hydrogen-bond acceptors (Lipinski definition) is 5. The van der Waals surface area contributed by atoms with E-state index in [1.807, 2.05) is 42.5 Å². The standard InChI is InChI=1S/C22H16BrN3O2S2/c1-28-15-6-4-5-13(11-15)20(27)26-22(29)25-17-10-9-14(23)12-16(17)21-24-18-7-2-3-8-19(18)30-21/h2-12H,1H3,(H2,25,26,27,29). The topological polar surface area (TPSA) is 63.2 Å². The fraction of sp³-hybridized carbons (Fsp3) is 0.0455. The van der Waals surface area contributed by atoms with Gasteiger partial charge in [0.2, 0.25) is 0 Å². The molecule has 1 heterocycles. The van der Waals surface area contributed by atoms with E-state index in [0.717, 1.165) is 30.9 Å². The van der Waals surface area contributed by atoms with Gasteiger partial charge in [0.05, 0.1) is 23.0 Å². The number of hydrogen-bond donors (Lipinski definition) is 2. The molecule has 0 saturated heterocycles. The van der Waals surface area contributed by atoms with E-state index >= 15 is 0 Å². The van der Waals surface area contributed by atoms with Gasteiger partial charge >= 0.3 is 0 Å². The first-order valence-corrected chi connectivity index (χ1v) is 11.0. The average Bonchev–Trinajstić information content (AvgIpc) is 3.19. The van der Waals surface area contributed by atoms with Crippen molar-refractivity contribution >= 4 is 66.4 Å². The Kier molecular flexibility index (Phi) is 6.08. The Morgan fingerprint density at radius 3 is 2.73 bits per heavy atom. The van der Waals surface area contributed by atoms with Crippen molar-refractivity contribution in [2.24, 2.45) is 0 Å². The quantitative estimate of drug-likeness (QED) is 0.345. The number of ether oxygens (including phenoxy) is 1. The summed E-state index contributed by atoms with van der Waals surface area (Å²) >= 11 is 10.5. The van der Waals surface area contributed by atoms with E-state index in [1.165, 1.54) is 0 Å². The summed E-state index contributed by atoms with van der Waals surface area (Å²) in [5, 5.41) is 6.90. The second-order valence-corrected chi connectivity index (χ2v) is 8.67. The van der Waals surface area contributed by atoms with Gasteiger partial charge in [-0.25, -0.2) is 4.98 Å². The zero-order valence-corrected chi connectivity index (χ0v) is 19.0. The van der Waals surface area contributed by atoms with Crippen LogP contribution < -0.4 is 15.4 Å². The monoisotopic (exact) mass is 497 g/mol. The third-order valence-electron chi connectivity index (χ3n) is 4.31. The SMILES string of the molecule is COc1cccc(C(=O)NC(=S)Nc2ccc(Br)cc2-c2nc3ccccc3s2)c1. The molecule has 0 bridgehead atoms. The van der Waals surface area contributed by atoms with Crippen molar-refractivity contribution < 1.29 is 9.53 Å². The van der Waals surface area contributed by atoms with Crippen LogP contribution in [-0.2, 0) is 0 Å². The molecule has 0 unspecified atom stereocenters. The molecule has 0 spiro atoms. The van der Waals surface area contributed by atoms with E-state index < -0.39 is 0 Å². The highest BCUT2D eigenvalue weighted by Gasteiger charge is 2.14. The van der Waals surface area contributed by atoms with Crippen LogP contribution in [0, 0.1) is 0 Å². The highest BCUT2D eigenvalue weighted by atomic mass is 79.9. The van der Waals surface area contributed by atoms with Crippen LogP contribution in [0.25, 0.3) is 20.8 Å². The van der Waals surface area contributed by atoms with E-state index in [0.29, 0.717) is 11.3 Å². The molecule has 2 N–H and O–H groups in total. The molecule has 0 aliphatic carbocycles. The van der Waals surface area contributed by atoms with Crippen LogP contribution in [0.5, 0.6) is 5.75 Å². The first kappa shape index (κ1) is 20.5. The number of aromatic nitrogens is 1. The Morgan fingerprint density at radius 1 is 1.10 bits per heavy atom. The number of rotatable bonds is 4. The summed E-state index contributed by atoms with van der Waals surface area (Å²) in [5.41, 5.74) is 3.05. The Morgan fingerprint density at radius 2 is 1.93 bits per heavy atom. The van der Waals surface area contributed by atoms with Crippen molar-refractivity contribution in [2.75, 3.05) is 12.4 Å².